The first-order chi connectivity index (χ1) is 18.7. The van der Waals surface area contributed by atoms with Crippen LogP contribution in [0.3, 0.4) is 0 Å². The zero-order chi connectivity index (χ0) is 28.2. The minimum absolute atomic E-state index is 0.0748. The molecule has 4 rings (SSSR count). The topological polar surface area (TPSA) is 120 Å². The molecule has 0 amide bonds. The lowest BCUT2D eigenvalue weighted by Crippen LogP contribution is -2.20. The molecule has 3 heterocycles. The fourth-order valence-corrected chi connectivity index (χ4v) is 4.86. The van der Waals surface area contributed by atoms with Crippen molar-refractivity contribution in [2.75, 3.05) is 29.3 Å². The van der Waals surface area contributed by atoms with Gasteiger partial charge in [0.2, 0.25) is 0 Å². The first-order valence-electron chi connectivity index (χ1n) is 11.8. The van der Waals surface area contributed by atoms with E-state index in [1.807, 2.05) is 21.3 Å². The summed E-state index contributed by atoms with van der Waals surface area (Å²) in [6.45, 7) is 1.62. The summed E-state index contributed by atoms with van der Waals surface area (Å²) < 4.78 is 28.8. The van der Waals surface area contributed by atoms with E-state index in [0.29, 0.717) is 52.1 Å². The molecule has 2 unspecified atom stereocenters. The number of ketones is 1. The highest BCUT2D eigenvalue weighted by atomic mass is 127. The van der Waals surface area contributed by atoms with Gasteiger partial charge in [0.05, 0.1) is 71.5 Å². The van der Waals surface area contributed by atoms with Crippen LogP contribution in [0.1, 0.15) is 29.4 Å². The van der Waals surface area contributed by atoms with Gasteiger partial charge in [0.15, 0.2) is 22.8 Å². The zero-order valence-electron chi connectivity index (χ0n) is 21.7. The number of nitrogens with one attached hydrogen (secondary N) is 1. The van der Waals surface area contributed by atoms with Crippen molar-refractivity contribution in [3.05, 3.63) is 60.4 Å². The van der Waals surface area contributed by atoms with Gasteiger partial charge in [0.25, 0.3) is 0 Å². The van der Waals surface area contributed by atoms with Crippen LogP contribution >= 0.6 is 32.1 Å². The van der Waals surface area contributed by atoms with E-state index in [0.717, 1.165) is 0 Å². The van der Waals surface area contributed by atoms with Crippen molar-refractivity contribution in [1.82, 2.24) is 29.7 Å². The fourth-order valence-electron chi connectivity index (χ4n) is 3.77. The SMILES string of the molecule is CCC(=O)c1cnc(Nc2cnc(C(F)(P)COC)cn2)cc1N(I)c1cccc(-c2ncn(C)n2)c1OC. The van der Waals surface area contributed by atoms with Crippen molar-refractivity contribution in [1.29, 1.82) is 0 Å². The van der Waals surface area contributed by atoms with Crippen molar-refractivity contribution in [2.24, 2.45) is 7.05 Å². The van der Waals surface area contributed by atoms with Crippen LogP contribution in [0.4, 0.5) is 27.4 Å². The van der Waals surface area contributed by atoms with E-state index >= 15 is 0 Å². The van der Waals surface area contributed by atoms with E-state index in [9.17, 15) is 9.18 Å². The Labute approximate surface area is 241 Å². The molecular formula is C25H27FIN8O3P. The number of benzene rings is 1. The van der Waals surface area contributed by atoms with Gasteiger partial charge < -0.3 is 14.8 Å². The summed E-state index contributed by atoms with van der Waals surface area (Å²) >= 11 is 2.12. The Morgan fingerprint density at radius 2 is 1.92 bits per heavy atom. The monoisotopic (exact) mass is 664 g/mol. The molecule has 3 aromatic heterocycles. The molecule has 0 aliphatic rings. The molecule has 0 bridgehead atoms. The Bertz CT molecular complexity index is 1470. The fraction of sp³-hybridized carbons (Fsp3) is 0.280. The first-order valence-corrected chi connectivity index (χ1v) is 13.3. The molecule has 0 radical (unpaired) electrons. The van der Waals surface area contributed by atoms with Crippen molar-refractivity contribution in [2.45, 2.75) is 18.8 Å². The molecule has 1 aromatic carbocycles. The summed E-state index contributed by atoms with van der Waals surface area (Å²) in [6, 6.07) is 7.35. The number of anilines is 4. The molecule has 39 heavy (non-hydrogen) atoms. The summed E-state index contributed by atoms with van der Waals surface area (Å²) in [6.07, 6.45) is 6.17. The number of aromatic nitrogens is 6. The maximum Gasteiger partial charge on any atom is 0.189 e. The second kappa shape index (κ2) is 12.3. The smallest absolute Gasteiger partial charge is 0.189 e. The van der Waals surface area contributed by atoms with Crippen LogP contribution in [-0.2, 0) is 17.2 Å². The molecule has 2 atom stereocenters. The predicted molar refractivity (Wildman–Crippen MR) is 158 cm³/mol. The quantitative estimate of drug-likeness (QED) is 0.0999. The number of para-hydroxylation sites is 1. The van der Waals surface area contributed by atoms with Crippen LogP contribution in [0.25, 0.3) is 11.4 Å². The number of alkyl halides is 1. The molecule has 0 aliphatic heterocycles. The maximum absolute atomic E-state index is 14.7. The standard InChI is InChI=1S/C25H27FIN8O3P/c1-5-19(36)16-10-29-21(32-22-12-28-20(11-30-22)25(26,39)13-37-3)9-18(16)35(27)17-8-6-7-15(23(17)38-4)24-31-14-34(2)33-24/h6-12,14H,5,13,39H2,1-4H3,(H,29,30,32). The summed E-state index contributed by atoms with van der Waals surface area (Å²) in [5.41, 5.74) is 2.53. The molecule has 0 saturated carbocycles. The minimum Gasteiger partial charge on any atom is -0.494 e. The number of methoxy groups -OCH3 is 2. The van der Waals surface area contributed by atoms with Gasteiger partial charge in [-0.2, -0.15) is 5.10 Å². The highest BCUT2D eigenvalue weighted by Gasteiger charge is 2.28. The number of rotatable bonds is 11. The highest BCUT2D eigenvalue weighted by molar-refractivity contribution is 14.1. The number of carbonyl (C=O) groups excluding carboxylic acids is 1. The molecule has 14 heteroatoms. The van der Waals surface area contributed by atoms with E-state index < -0.39 is 5.41 Å². The van der Waals surface area contributed by atoms with Crippen molar-refractivity contribution in [3.8, 4) is 17.1 Å². The van der Waals surface area contributed by atoms with Gasteiger partial charge in [-0.15, -0.1) is 0 Å². The van der Waals surface area contributed by atoms with E-state index in [1.165, 1.54) is 25.7 Å². The van der Waals surface area contributed by atoms with Crippen LogP contribution in [0.15, 0.2) is 49.2 Å². The summed E-state index contributed by atoms with van der Waals surface area (Å²) in [5, 5.41) is 5.62. The molecule has 1 N–H and O–H groups in total. The number of hydrogen-bond acceptors (Lipinski definition) is 10. The van der Waals surface area contributed by atoms with Crippen molar-refractivity contribution in [3.63, 3.8) is 0 Å². The second-order valence-electron chi connectivity index (χ2n) is 8.45. The lowest BCUT2D eigenvalue weighted by Gasteiger charge is -2.23. The third-order valence-corrected chi connectivity index (χ3v) is 7.16. The molecule has 0 fully saturated rings. The number of aryl methyl sites for hydroxylation is 1. The summed E-state index contributed by atoms with van der Waals surface area (Å²) in [7, 11) is 6.86. The number of carbonyl (C=O) groups is 1. The number of halogens is 2. The minimum atomic E-state index is -1.85. The summed E-state index contributed by atoms with van der Waals surface area (Å²) in [5.74, 6) is 1.75. The third-order valence-electron chi connectivity index (χ3n) is 5.65. The van der Waals surface area contributed by atoms with Crippen LogP contribution in [0.5, 0.6) is 5.75 Å². The average Bonchev–Trinajstić information content (AvgIpc) is 3.38. The first kappa shape index (κ1) is 28.7. The molecule has 4 aromatic rings. The van der Waals surface area contributed by atoms with E-state index in [-0.39, 0.29) is 18.1 Å². The number of pyridine rings is 1. The normalized spacial score (nSPS) is 12.6. The lowest BCUT2D eigenvalue weighted by atomic mass is 10.1. The Hall–Kier alpha value is -3.29. The van der Waals surface area contributed by atoms with E-state index in [2.05, 4.69) is 62.5 Å². The second-order valence-corrected chi connectivity index (χ2v) is 10.3. The Morgan fingerprint density at radius 3 is 2.54 bits per heavy atom. The average molecular weight is 664 g/mol. The Balaban J connectivity index is 1.71. The number of nitrogens with zero attached hydrogens (tertiary/aromatic N) is 7. The van der Waals surface area contributed by atoms with Gasteiger partial charge in [-0.25, -0.2) is 19.3 Å². The van der Waals surface area contributed by atoms with Gasteiger partial charge in [0.1, 0.15) is 23.7 Å². The Kier molecular flexibility index (Phi) is 9.03. The number of Topliss-reactive ketones (excluding diaryl/α,β-unsaturated/α-hetero) is 1. The number of hydrogen-bond donors (Lipinski definition) is 1. The third kappa shape index (κ3) is 6.31. The van der Waals surface area contributed by atoms with Gasteiger partial charge in [-0.05, 0) is 12.1 Å². The van der Waals surface area contributed by atoms with E-state index in [4.69, 9.17) is 9.47 Å². The van der Waals surface area contributed by atoms with E-state index in [1.54, 1.807) is 38.2 Å². The molecule has 0 spiro atoms. The summed E-state index contributed by atoms with van der Waals surface area (Å²) in [4.78, 5) is 30.0. The highest BCUT2D eigenvalue weighted by Crippen LogP contribution is 2.43. The molecule has 0 aliphatic carbocycles. The van der Waals surface area contributed by atoms with Gasteiger partial charge >= 0.3 is 0 Å². The van der Waals surface area contributed by atoms with Crippen LogP contribution < -0.4 is 13.2 Å². The van der Waals surface area contributed by atoms with Crippen LogP contribution in [0, 0.1) is 0 Å². The Morgan fingerprint density at radius 1 is 1.15 bits per heavy atom. The van der Waals surface area contributed by atoms with Crippen LogP contribution in [-0.4, -0.2) is 56.3 Å². The lowest BCUT2D eigenvalue weighted by molar-refractivity contribution is 0.0988. The molecule has 11 nitrogen and oxygen atoms in total. The van der Waals surface area contributed by atoms with Gasteiger partial charge in [-0.3, -0.25) is 17.6 Å². The number of ether oxygens (including phenoxy) is 2. The van der Waals surface area contributed by atoms with Gasteiger partial charge in [-0.1, -0.05) is 22.2 Å². The predicted octanol–water partition coefficient (Wildman–Crippen LogP) is 5.14. The van der Waals surface area contributed by atoms with Crippen molar-refractivity contribution < 1.29 is 18.7 Å². The molecule has 204 valence electrons. The molecular weight excluding hydrogens is 637 g/mol. The molecule has 0 saturated heterocycles. The zero-order valence-corrected chi connectivity index (χ0v) is 25.0. The van der Waals surface area contributed by atoms with Gasteiger partial charge in [0, 0.05) is 32.8 Å². The van der Waals surface area contributed by atoms with Crippen LogP contribution in [0.2, 0.25) is 0 Å². The maximum atomic E-state index is 14.7. The largest absolute Gasteiger partial charge is 0.494 e. The van der Waals surface area contributed by atoms with Crippen molar-refractivity contribution >= 4 is 60.9 Å².